The first-order valence-corrected chi connectivity index (χ1v) is 11.3. The summed E-state index contributed by atoms with van der Waals surface area (Å²) in [5.74, 6) is 0.766. The second kappa shape index (κ2) is 10.2. The van der Waals surface area contributed by atoms with Gasteiger partial charge in [-0.1, -0.05) is 80.4 Å². The molecule has 1 aliphatic rings. The van der Waals surface area contributed by atoms with Gasteiger partial charge in [0.2, 0.25) is 0 Å². The normalized spacial score (nSPS) is 18.7. The highest BCUT2D eigenvalue weighted by Gasteiger charge is 2.24. The van der Waals surface area contributed by atoms with Crippen molar-refractivity contribution in [2.24, 2.45) is 5.92 Å². The highest BCUT2D eigenvalue weighted by atomic mass is 16.5. The summed E-state index contributed by atoms with van der Waals surface area (Å²) in [6, 6.07) is 24.0. The van der Waals surface area contributed by atoms with Gasteiger partial charge in [0.05, 0.1) is 0 Å². The molecular weight excluding hydrogens is 396 g/mol. The first kappa shape index (κ1) is 21.6. The van der Waals surface area contributed by atoms with Crippen LogP contribution in [0.2, 0.25) is 0 Å². The molecule has 0 spiro atoms. The predicted octanol–water partition coefficient (Wildman–Crippen LogP) is 6.02. The zero-order valence-corrected chi connectivity index (χ0v) is 18.4. The first-order valence-electron chi connectivity index (χ1n) is 11.3. The van der Waals surface area contributed by atoms with Gasteiger partial charge in [-0.2, -0.15) is 5.26 Å². The highest BCUT2D eigenvalue weighted by molar-refractivity contribution is 6.05. The van der Waals surface area contributed by atoms with Crippen LogP contribution in [-0.4, -0.2) is 11.9 Å². The van der Waals surface area contributed by atoms with Crippen molar-refractivity contribution < 1.29 is 9.53 Å². The number of nitriles is 1. The maximum Gasteiger partial charge on any atom is 0.262 e. The van der Waals surface area contributed by atoms with E-state index in [0.717, 1.165) is 41.2 Å². The van der Waals surface area contributed by atoms with E-state index in [2.05, 4.69) is 18.3 Å². The fraction of sp³-hybridized carbons (Fsp3) is 0.286. The van der Waals surface area contributed by atoms with Crippen LogP contribution in [0.25, 0.3) is 16.8 Å². The molecule has 1 fully saturated rings. The Morgan fingerprint density at radius 2 is 1.81 bits per heavy atom. The number of hydrogen-bond acceptors (Lipinski definition) is 3. The number of carbonyl (C=O) groups excluding carboxylic acids is 1. The monoisotopic (exact) mass is 424 g/mol. The van der Waals surface area contributed by atoms with Crippen LogP contribution in [0.15, 0.2) is 72.3 Å². The molecule has 0 bridgehead atoms. The largest absolute Gasteiger partial charge is 0.488 e. The summed E-state index contributed by atoms with van der Waals surface area (Å²) in [6.45, 7) is 2.58. The van der Waals surface area contributed by atoms with Crippen LogP contribution in [0.5, 0.6) is 5.75 Å². The Bertz CT molecular complexity index is 1160. The van der Waals surface area contributed by atoms with Crippen LogP contribution in [0, 0.1) is 17.2 Å². The fourth-order valence-corrected chi connectivity index (χ4v) is 4.36. The number of hydrogen-bond donors (Lipinski definition) is 1. The van der Waals surface area contributed by atoms with E-state index < -0.39 is 0 Å². The molecule has 0 saturated heterocycles. The van der Waals surface area contributed by atoms with Gasteiger partial charge in [0, 0.05) is 11.6 Å². The minimum Gasteiger partial charge on any atom is -0.488 e. The van der Waals surface area contributed by atoms with E-state index in [-0.39, 0.29) is 17.5 Å². The third kappa shape index (κ3) is 5.00. The first-order chi connectivity index (χ1) is 15.7. The minimum absolute atomic E-state index is 0.101. The van der Waals surface area contributed by atoms with E-state index in [4.69, 9.17) is 4.74 Å². The molecule has 3 aromatic rings. The summed E-state index contributed by atoms with van der Waals surface area (Å²) >= 11 is 0. The zero-order chi connectivity index (χ0) is 22.3. The van der Waals surface area contributed by atoms with Crippen LogP contribution in [0.4, 0.5) is 0 Å². The summed E-state index contributed by atoms with van der Waals surface area (Å²) in [7, 11) is 0. The number of rotatable bonds is 6. The Labute approximate surface area is 189 Å². The fourth-order valence-electron chi connectivity index (χ4n) is 4.36. The van der Waals surface area contributed by atoms with Gasteiger partial charge in [0.1, 0.15) is 24.0 Å². The number of nitrogens with one attached hydrogen (secondary N) is 1. The molecule has 4 rings (SSSR count). The van der Waals surface area contributed by atoms with Gasteiger partial charge in [-0.15, -0.1) is 0 Å². The number of ether oxygens (including phenoxy) is 1. The van der Waals surface area contributed by atoms with E-state index in [1.165, 1.54) is 6.42 Å². The van der Waals surface area contributed by atoms with E-state index in [9.17, 15) is 10.1 Å². The SMILES string of the molecule is C[C@@H]1CCCC[C@@H]1NC(=O)/C(C#N)=C/c1c(OCc2ccccc2)ccc2ccccc12. The summed E-state index contributed by atoms with van der Waals surface area (Å²) in [4.78, 5) is 13.0. The summed E-state index contributed by atoms with van der Waals surface area (Å²) in [5, 5.41) is 14.9. The maximum absolute atomic E-state index is 13.0. The van der Waals surface area contributed by atoms with Crippen molar-refractivity contribution in [3.05, 3.63) is 83.4 Å². The molecule has 0 aromatic heterocycles. The molecule has 4 heteroatoms. The predicted molar refractivity (Wildman–Crippen MR) is 128 cm³/mol. The zero-order valence-electron chi connectivity index (χ0n) is 18.4. The quantitative estimate of drug-likeness (QED) is 0.389. The summed E-state index contributed by atoms with van der Waals surface area (Å²) in [5.41, 5.74) is 1.91. The molecule has 1 aliphatic carbocycles. The van der Waals surface area contributed by atoms with Crippen molar-refractivity contribution in [2.45, 2.75) is 45.3 Å². The molecule has 3 aromatic carbocycles. The van der Waals surface area contributed by atoms with Gasteiger partial charge in [-0.05, 0) is 47.2 Å². The van der Waals surface area contributed by atoms with E-state index in [1.54, 1.807) is 6.08 Å². The molecule has 1 N–H and O–H groups in total. The number of nitrogens with zero attached hydrogens (tertiary/aromatic N) is 1. The number of benzene rings is 3. The molecule has 4 nitrogen and oxygen atoms in total. The van der Waals surface area contributed by atoms with Crippen LogP contribution < -0.4 is 10.1 Å². The van der Waals surface area contributed by atoms with Crippen molar-refractivity contribution in [3.8, 4) is 11.8 Å². The third-order valence-corrected chi connectivity index (χ3v) is 6.25. The lowest BCUT2D eigenvalue weighted by atomic mass is 9.86. The van der Waals surface area contributed by atoms with Crippen molar-refractivity contribution >= 4 is 22.8 Å². The van der Waals surface area contributed by atoms with Crippen molar-refractivity contribution in [2.75, 3.05) is 0 Å². The Hall–Kier alpha value is -3.58. The van der Waals surface area contributed by atoms with E-state index >= 15 is 0 Å². The van der Waals surface area contributed by atoms with Crippen LogP contribution >= 0.6 is 0 Å². The van der Waals surface area contributed by atoms with Gasteiger partial charge in [-0.25, -0.2) is 0 Å². The Balaban J connectivity index is 1.66. The standard InChI is InChI=1S/C28H28N2O2/c1-20-9-5-8-14-26(20)30-28(31)23(18-29)17-25-24-13-7-6-12-22(24)15-16-27(25)32-19-21-10-3-2-4-11-21/h2-4,6-7,10-13,15-17,20,26H,5,8-9,14,19H2,1H3,(H,30,31)/b23-17+/t20-,26+/m1/s1. The molecule has 1 amide bonds. The summed E-state index contributed by atoms with van der Waals surface area (Å²) in [6.07, 6.45) is 6.06. The molecule has 32 heavy (non-hydrogen) atoms. The van der Waals surface area contributed by atoms with Crippen molar-refractivity contribution in [3.63, 3.8) is 0 Å². The van der Waals surface area contributed by atoms with Gasteiger partial charge < -0.3 is 10.1 Å². The Morgan fingerprint density at radius 3 is 2.59 bits per heavy atom. The second-order valence-electron chi connectivity index (χ2n) is 8.48. The van der Waals surface area contributed by atoms with Crippen molar-refractivity contribution in [1.29, 1.82) is 5.26 Å². The van der Waals surface area contributed by atoms with Gasteiger partial charge in [0.25, 0.3) is 5.91 Å². The van der Waals surface area contributed by atoms with Crippen LogP contribution in [0.3, 0.4) is 0 Å². The maximum atomic E-state index is 13.0. The Morgan fingerprint density at radius 1 is 1.06 bits per heavy atom. The summed E-state index contributed by atoms with van der Waals surface area (Å²) < 4.78 is 6.14. The van der Waals surface area contributed by atoms with Crippen LogP contribution in [0.1, 0.15) is 43.7 Å². The highest BCUT2D eigenvalue weighted by Crippen LogP contribution is 2.31. The van der Waals surface area contributed by atoms with Gasteiger partial charge in [0.15, 0.2) is 0 Å². The average molecular weight is 425 g/mol. The van der Waals surface area contributed by atoms with Gasteiger partial charge >= 0.3 is 0 Å². The molecule has 0 unspecified atom stereocenters. The number of amides is 1. The second-order valence-corrected chi connectivity index (χ2v) is 8.48. The average Bonchev–Trinajstić information content (AvgIpc) is 2.83. The molecule has 162 valence electrons. The smallest absolute Gasteiger partial charge is 0.262 e. The molecule has 0 heterocycles. The van der Waals surface area contributed by atoms with Crippen LogP contribution in [-0.2, 0) is 11.4 Å². The molecule has 2 atom stereocenters. The topological polar surface area (TPSA) is 62.1 Å². The van der Waals surface area contributed by atoms with Crippen molar-refractivity contribution in [1.82, 2.24) is 5.32 Å². The molecule has 0 radical (unpaired) electrons. The number of carbonyl (C=O) groups is 1. The lowest BCUT2D eigenvalue weighted by Gasteiger charge is -2.29. The molecule has 1 saturated carbocycles. The van der Waals surface area contributed by atoms with Gasteiger partial charge in [-0.3, -0.25) is 4.79 Å². The molecular formula is C28H28N2O2. The van der Waals surface area contributed by atoms with E-state index in [0.29, 0.717) is 18.3 Å². The number of fused-ring (bicyclic) bond motifs is 1. The minimum atomic E-state index is -0.312. The third-order valence-electron chi connectivity index (χ3n) is 6.25. The van der Waals surface area contributed by atoms with E-state index in [1.807, 2.05) is 66.7 Å². The molecule has 0 aliphatic heterocycles. The lowest BCUT2D eigenvalue weighted by Crippen LogP contribution is -2.41. The Kier molecular flexibility index (Phi) is 6.87. The lowest BCUT2D eigenvalue weighted by molar-refractivity contribution is -0.118.